The molecule has 1 saturated carbocycles. The lowest BCUT2D eigenvalue weighted by molar-refractivity contribution is 0.520. The molecular formula is C13H13F. The highest BCUT2D eigenvalue weighted by molar-refractivity contribution is 5.36. The Morgan fingerprint density at radius 3 is 2.43 bits per heavy atom. The van der Waals surface area contributed by atoms with Crippen LogP contribution in [0.5, 0.6) is 0 Å². The molecule has 0 N–H and O–H groups in total. The summed E-state index contributed by atoms with van der Waals surface area (Å²) in [5, 5.41) is 0. The Hall–Kier alpha value is -1.29. The first-order valence-electron chi connectivity index (χ1n) is 5.01. The molecule has 0 amide bonds. The summed E-state index contributed by atoms with van der Waals surface area (Å²) in [5.74, 6) is 2.63. The van der Waals surface area contributed by atoms with Crippen molar-refractivity contribution < 1.29 is 4.39 Å². The first kappa shape index (κ1) is 9.27. The molecule has 0 heterocycles. The Morgan fingerprint density at radius 2 is 1.86 bits per heavy atom. The minimum atomic E-state index is -0.328. The Labute approximate surface area is 84.1 Å². The maximum atomic E-state index is 13.6. The van der Waals surface area contributed by atoms with Crippen molar-refractivity contribution in [3.63, 3.8) is 0 Å². The highest BCUT2D eigenvalue weighted by Gasteiger charge is 2.35. The molecule has 1 heteroatoms. The van der Waals surface area contributed by atoms with Gasteiger partial charge in [-0.25, -0.2) is 4.39 Å². The lowest BCUT2D eigenvalue weighted by Crippen LogP contribution is -2.20. The third-order valence-corrected chi connectivity index (χ3v) is 3.12. The minimum Gasteiger partial charge on any atom is -0.207 e. The second kappa shape index (κ2) is 3.46. The smallest absolute Gasteiger partial charge is 0.127 e. The molecule has 0 bridgehead atoms. The monoisotopic (exact) mass is 188 g/mol. The average Bonchev–Trinajstić information content (AvgIpc) is 2.68. The largest absolute Gasteiger partial charge is 0.207 e. The number of hydrogen-bond acceptors (Lipinski definition) is 0. The number of hydrogen-bond donors (Lipinski definition) is 0. The van der Waals surface area contributed by atoms with Crippen molar-refractivity contribution in [1.82, 2.24) is 0 Å². The van der Waals surface area contributed by atoms with Gasteiger partial charge in [0.25, 0.3) is 0 Å². The summed E-state index contributed by atoms with van der Waals surface area (Å²) >= 11 is 0. The highest BCUT2D eigenvalue weighted by Crippen LogP contribution is 2.41. The number of halogens is 1. The molecule has 0 radical (unpaired) electrons. The van der Waals surface area contributed by atoms with E-state index in [1.807, 2.05) is 12.1 Å². The van der Waals surface area contributed by atoms with Crippen molar-refractivity contribution in [2.75, 3.05) is 0 Å². The molecular weight excluding hydrogens is 175 g/mol. The fraction of sp³-hybridized carbons (Fsp3) is 0.385. The first-order chi connectivity index (χ1) is 6.78. The molecule has 0 unspecified atom stereocenters. The summed E-state index contributed by atoms with van der Waals surface area (Å²) < 4.78 is 13.6. The molecule has 0 nitrogen and oxygen atoms in total. The van der Waals surface area contributed by atoms with Crippen LogP contribution in [0.2, 0.25) is 0 Å². The van der Waals surface area contributed by atoms with Crippen molar-refractivity contribution in [3.8, 4) is 12.3 Å². The summed E-state index contributed by atoms with van der Waals surface area (Å²) in [4.78, 5) is 0. The Morgan fingerprint density at radius 1 is 1.21 bits per heavy atom. The van der Waals surface area contributed by atoms with Crippen molar-refractivity contribution in [2.24, 2.45) is 0 Å². The van der Waals surface area contributed by atoms with E-state index in [-0.39, 0.29) is 11.2 Å². The zero-order valence-electron chi connectivity index (χ0n) is 8.09. The molecule has 1 aromatic rings. The first-order valence-corrected chi connectivity index (χ1v) is 5.01. The fourth-order valence-electron chi connectivity index (χ4n) is 2.32. The zero-order valence-corrected chi connectivity index (χ0v) is 8.09. The fourth-order valence-corrected chi connectivity index (χ4v) is 2.32. The molecule has 2 rings (SSSR count). The van der Waals surface area contributed by atoms with Crippen LogP contribution in [0.25, 0.3) is 0 Å². The Kier molecular flexibility index (Phi) is 2.29. The predicted molar refractivity (Wildman–Crippen MR) is 55.4 cm³/mol. The quantitative estimate of drug-likeness (QED) is 0.593. The van der Waals surface area contributed by atoms with Gasteiger partial charge in [-0.3, -0.25) is 0 Å². The normalized spacial score (nSPS) is 19.1. The molecule has 1 fully saturated rings. The van der Waals surface area contributed by atoms with Crippen LogP contribution in [0.15, 0.2) is 24.3 Å². The van der Waals surface area contributed by atoms with Gasteiger partial charge in [-0.1, -0.05) is 37.0 Å². The molecule has 1 aliphatic carbocycles. The average molecular weight is 188 g/mol. The van der Waals surface area contributed by atoms with Crippen LogP contribution in [0.3, 0.4) is 0 Å². The molecule has 14 heavy (non-hydrogen) atoms. The summed E-state index contributed by atoms with van der Waals surface area (Å²) in [6, 6.07) is 6.88. The van der Waals surface area contributed by atoms with Crippen LogP contribution >= 0.6 is 0 Å². The summed E-state index contributed by atoms with van der Waals surface area (Å²) in [6.45, 7) is 0. The summed E-state index contributed by atoms with van der Waals surface area (Å²) in [6.07, 6.45) is 9.61. The topological polar surface area (TPSA) is 0 Å². The SMILES string of the molecule is C#CC1(c2ccccc2F)CCCC1. The van der Waals surface area contributed by atoms with Gasteiger partial charge < -0.3 is 0 Å². The van der Waals surface area contributed by atoms with Crippen molar-refractivity contribution >= 4 is 0 Å². The van der Waals surface area contributed by atoms with E-state index in [0.29, 0.717) is 5.56 Å². The van der Waals surface area contributed by atoms with Crippen LogP contribution in [-0.4, -0.2) is 0 Å². The van der Waals surface area contributed by atoms with Gasteiger partial charge in [0.05, 0.1) is 5.41 Å². The molecule has 0 spiro atoms. The van der Waals surface area contributed by atoms with Crippen LogP contribution in [-0.2, 0) is 5.41 Å². The summed E-state index contributed by atoms with van der Waals surface area (Å²) in [7, 11) is 0. The van der Waals surface area contributed by atoms with E-state index in [4.69, 9.17) is 6.42 Å². The molecule has 0 atom stereocenters. The zero-order chi connectivity index (χ0) is 10.0. The molecule has 72 valence electrons. The standard InChI is InChI=1S/C13H13F/c1-2-13(9-5-6-10-13)11-7-3-4-8-12(11)14/h1,3-4,7-8H,5-6,9-10H2. The lowest BCUT2D eigenvalue weighted by atomic mass is 9.79. The second-order valence-corrected chi connectivity index (χ2v) is 3.91. The van der Waals surface area contributed by atoms with Gasteiger partial charge in [0.15, 0.2) is 0 Å². The van der Waals surface area contributed by atoms with Gasteiger partial charge in [0, 0.05) is 5.56 Å². The van der Waals surface area contributed by atoms with Gasteiger partial charge in [-0.2, -0.15) is 0 Å². The van der Waals surface area contributed by atoms with Crippen LogP contribution in [0, 0.1) is 18.2 Å². The van der Waals surface area contributed by atoms with Crippen molar-refractivity contribution in [3.05, 3.63) is 35.6 Å². The summed E-state index contributed by atoms with van der Waals surface area (Å²) in [5.41, 5.74) is 0.380. The Balaban J connectivity index is 2.47. The van der Waals surface area contributed by atoms with Crippen LogP contribution < -0.4 is 0 Å². The molecule has 0 aromatic heterocycles. The van der Waals surface area contributed by atoms with Gasteiger partial charge in [0.2, 0.25) is 0 Å². The predicted octanol–water partition coefficient (Wildman–Crippen LogP) is 3.27. The van der Waals surface area contributed by atoms with E-state index in [0.717, 1.165) is 25.7 Å². The van der Waals surface area contributed by atoms with Crippen molar-refractivity contribution in [1.29, 1.82) is 0 Å². The van der Waals surface area contributed by atoms with Gasteiger partial charge in [-0.15, -0.1) is 6.42 Å². The van der Waals surface area contributed by atoms with Gasteiger partial charge in [0.1, 0.15) is 5.82 Å². The maximum absolute atomic E-state index is 13.6. The van der Waals surface area contributed by atoms with Crippen molar-refractivity contribution in [2.45, 2.75) is 31.1 Å². The highest BCUT2D eigenvalue weighted by atomic mass is 19.1. The minimum absolute atomic E-state index is 0.160. The molecule has 0 saturated heterocycles. The van der Waals surface area contributed by atoms with E-state index < -0.39 is 0 Å². The number of benzene rings is 1. The second-order valence-electron chi connectivity index (χ2n) is 3.91. The van der Waals surface area contributed by atoms with E-state index in [2.05, 4.69) is 5.92 Å². The van der Waals surface area contributed by atoms with Crippen LogP contribution in [0.1, 0.15) is 31.2 Å². The van der Waals surface area contributed by atoms with Gasteiger partial charge >= 0.3 is 0 Å². The van der Waals surface area contributed by atoms with E-state index in [9.17, 15) is 4.39 Å². The number of rotatable bonds is 1. The van der Waals surface area contributed by atoms with E-state index >= 15 is 0 Å². The maximum Gasteiger partial charge on any atom is 0.127 e. The molecule has 1 aliphatic rings. The Bertz CT molecular complexity index is 367. The third kappa shape index (κ3) is 1.32. The molecule has 0 aliphatic heterocycles. The molecule has 1 aromatic carbocycles. The number of terminal acetylenes is 1. The van der Waals surface area contributed by atoms with Gasteiger partial charge in [-0.05, 0) is 18.9 Å². The lowest BCUT2D eigenvalue weighted by Gasteiger charge is -2.23. The van der Waals surface area contributed by atoms with E-state index in [1.165, 1.54) is 6.07 Å². The van der Waals surface area contributed by atoms with E-state index in [1.54, 1.807) is 6.07 Å². The third-order valence-electron chi connectivity index (χ3n) is 3.12. The van der Waals surface area contributed by atoms with Crippen LogP contribution in [0.4, 0.5) is 4.39 Å².